The monoisotopic (exact) mass is 300 g/mol. The first-order chi connectivity index (χ1) is 10.7. The summed E-state index contributed by atoms with van der Waals surface area (Å²) >= 11 is 0. The Kier molecular flexibility index (Phi) is 4.24. The molecule has 0 spiro atoms. The van der Waals surface area contributed by atoms with E-state index < -0.39 is 0 Å². The van der Waals surface area contributed by atoms with E-state index >= 15 is 0 Å². The Balaban J connectivity index is 1.88. The number of nitrogens with one attached hydrogen (secondary N) is 1. The van der Waals surface area contributed by atoms with Gasteiger partial charge in [-0.25, -0.2) is 0 Å². The van der Waals surface area contributed by atoms with Crippen LogP contribution in [0.25, 0.3) is 10.8 Å². The number of pyridine rings is 1. The number of hydrogen-bond acceptors (Lipinski definition) is 3. The first-order valence-corrected chi connectivity index (χ1v) is 7.72. The molecule has 1 fully saturated rings. The summed E-state index contributed by atoms with van der Waals surface area (Å²) in [7, 11) is 0. The highest BCUT2D eigenvalue weighted by Gasteiger charge is 2.23. The van der Waals surface area contributed by atoms with Gasteiger partial charge in [-0.3, -0.25) is 9.59 Å². The van der Waals surface area contributed by atoms with Crippen LogP contribution >= 0.6 is 0 Å². The van der Waals surface area contributed by atoms with Crippen LogP contribution in [0.15, 0.2) is 35.1 Å². The molecule has 5 heteroatoms. The van der Waals surface area contributed by atoms with Crippen molar-refractivity contribution in [3.63, 3.8) is 0 Å². The number of hydrogen-bond donors (Lipinski definition) is 1. The summed E-state index contributed by atoms with van der Waals surface area (Å²) in [5, 5.41) is 1.38. The molecule has 1 amide bonds. The van der Waals surface area contributed by atoms with Crippen LogP contribution in [0, 0.1) is 0 Å². The Morgan fingerprint density at radius 1 is 1.41 bits per heavy atom. The van der Waals surface area contributed by atoms with E-state index in [0.717, 1.165) is 24.8 Å². The average Bonchev–Trinajstić information content (AvgIpc) is 3.05. The van der Waals surface area contributed by atoms with Gasteiger partial charge >= 0.3 is 0 Å². The summed E-state index contributed by atoms with van der Waals surface area (Å²) in [6, 6.07) is 9.02. The predicted molar refractivity (Wildman–Crippen MR) is 85.1 cm³/mol. The zero-order chi connectivity index (χ0) is 15.5. The van der Waals surface area contributed by atoms with E-state index in [1.165, 1.54) is 0 Å². The van der Waals surface area contributed by atoms with Crippen LogP contribution in [0.5, 0.6) is 0 Å². The molecule has 0 aliphatic carbocycles. The summed E-state index contributed by atoms with van der Waals surface area (Å²) in [5.41, 5.74) is 0.109. The topological polar surface area (TPSA) is 62.4 Å². The number of carbonyl (C=O) groups excluding carboxylic acids is 1. The summed E-state index contributed by atoms with van der Waals surface area (Å²) in [6.45, 7) is 3.87. The van der Waals surface area contributed by atoms with E-state index in [1.54, 1.807) is 17.0 Å². The van der Waals surface area contributed by atoms with Crippen molar-refractivity contribution in [3.8, 4) is 0 Å². The highest BCUT2D eigenvalue weighted by atomic mass is 16.5. The third-order valence-corrected chi connectivity index (χ3v) is 4.10. The molecule has 0 saturated carbocycles. The van der Waals surface area contributed by atoms with Gasteiger partial charge in [-0.2, -0.15) is 0 Å². The van der Waals surface area contributed by atoms with E-state index in [0.29, 0.717) is 24.2 Å². The van der Waals surface area contributed by atoms with Crippen molar-refractivity contribution in [2.45, 2.75) is 25.9 Å². The quantitative estimate of drug-likeness (QED) is 0.941. The zero-order valence-electron chi connectivity index (χ0n) is 12.7. The molecule has 1 aromatic carbocycles. The molecule has 1 aliphatic heterocycles. The van der Waals surface area contributed by atoms with E-state index in [9.17, 15) is 9.59 Å². The number of fused-ring (bicyclic) bond motifs is 1. The summed E-state index contributed by atoms with van der Waals surface area (Å²) in [4.78, 5) is 29.2. The average molecular weight is 300 g/mol. The van der Waals surface area contributed by atoms with E-state index in [-0.39, 0.29) is 17.6 Å². The van der Waals surface area contributed by atoms with Crippen LogP contribution in [0.4, 0.5) is 0 Å². The normalized spacial score (nSPS) is 17.8. The van der Waals surface area contributed by atoms with Crippen molar-refractivity contribution < 1.29 is 9.53 Å². The lowest BCUT2D eigenvalue weighted by Crippen LogP contribution is -2.38. The van der Waals surface area contributed by atoms with E-state index in [2.05, 4.69) is 4.98 Å². The summed E-state index contributed by atoms with van der Waals surface area (Å²) < 4.78 is 5.60. The van der Waals surface area contributed by atoms with Gasteiger partial charge in [0.2, 0.25) is 0 Å². The Labute approximate surface area is 128 Å². The Bertz CT molecular complexity index is 732. The number of carbonyl (C=O) groups is 1. The number of amides is 1. The standard InChI is InChI=1S/C17H20N2O3/c1-2-19(11-13-7-5-9-22-13)17(21)15-10-12-6-3-4-8-14(12)16(20)18-15/h3-4,6,8,10,13H,2,5,7,9,11H2,1H3,(H,18,20)/t13-/m1/s1. The van der Waals surface area contributed by atoms with Gasteiger partial charge in [0.15, 0.2) is 0 Å². The molecular formula is C17H20N2O3. The lowest BCUT2D eigenvalue weighted by Gasteiger charge is -2.24. The fraction of sp³-hybridized carbons (Fsp3) is 0.412. The SMILES string of the molecule is CCN(C[C@H]1CCCO1)C(=O)c1cc2ccccc2c(=O)[nH]1. The summed E-state index contributed by atoms with van der Waals surface area (Å²) in [6.07, 6.45) is 2.14. The van der Waals surface area contributed by atoms with Crippen molar-refractivity contribution in [2.24, 2.45) is 0 Å². The van der Waals surface area contributed by atoms with Crippen molar-refractivity contribution >= 4 is 16.7 Å². The Hall–Kier alpha value is -2.14. The summed E-state index contributed by atoms with van der Waals surface area (Å²) in [5.74, 6) is -0.152. The second-order valence-electron chi connectivity index (χ2n) is 5.58. The van der Waals surface area contributed by atoms with Crippen molar-refractivity contribution in [2.75, 3.05) is 19.7 Å². The number of nitrogens with zero attached hydrogens (tertiary/aromatic N) is 1. The number of rotatable bonds is 4. The third kappa shape index (κ3) is 2.90. The van der Waals surface area contributed by atoms with Gasteiger partial charge in [-0.1, -0.05) is 18.2 Å². The molecule has 116 valence electrons. The maximum absolute atomic E-state index is 12.7. The fourth-order valence-corrected chi connectivity index (χ4v) is 2.89. The smallest absolute Gasteiger partial charge is 0.270 e. The van der Waals surface area contributed by atoms with Crippen molar-refractivity contribution in [3.05, 3.63) is 46.4 Å². The van der Waals surface area contributed by atoms with Crippen molar-refractivity contribution in [1.82, 2.24) is 9.88 Å². The molecule has 22 heavy (non-hydrogen) atoms. The lowest BCUT2D eigenvalue weighted by molar-refractivity contribution is 0.0535. The molecule has 1 N–H and O–H groups in total. The number of H-pyrrole nitrogens is 1. The van der Waals surface area contributed by atoms with Gasteiger partial charge < -0.3 is 14.6 Å². The second-order valence-corrected chi connectivity index (χ2v) is 5.58. The number of aromatic amines is 1. The number of aromatic nitrogens is 1. The first kappa shape index (κ1) is 14.8. The number of ether oxygens (including phenoxy) is 1. The Morgan fingerprint density at radius 2 is 2.23 bits per heavy atom. The largest absolute Gasteiger partial charge is 0.376 e. The highest BCUT2D eigenvalue weighted by Crippen LogP contribution is 2.16. The molecule has 2 heterocycles. The van der Waals surface area contributed by atoms with Crippen molar-refractivity contribution in [1.29, 1.82) is 0 Å². The molecule has 1 atom stereocenters. The maximum atomic E-state index is 12.7. The first-order valence-electron chi connectivity index (χ1n) is 7.72. The minimum atomic E-state index is -0.227. The van der Waals surface area contributed by atoms with Gasteiger partial charge in [0, 0.05) is 25.1 Å². The lowest BCUT2D eigenvalue weighted by atomic mass is 10.1. The van der Waals surface area contributed by atoms with Crippen LogP contribution in [0.1, 0.15) is 30.3 Å². The van der Waals surface area contributed by atoms with Crippen LogP contribution in [0.3, 0.4) is 0 Å². The van der Waals surface area contributed by atoms with Crippen LogP contribution < -0.4 is 5.56 Å². The fourth-order valence-electron chi connectivity index (χ4n) is 2.89. The molecule has 0 radical (unpaired) electrons. The third-order valence-electron chi connectivity index (χ3n) is 4.10. The highest BCUT2D eigenvalue weighted by molar-refractivity contribution is 5.96. The minimum absolute atomic E-state index is 0.107. The predicted octanol–water partition coefficient (Wildman–Crippen LogP) is 2.17. The molecule has 2 aromatic rings. The van der Waals surface area contributed by atoms with Crippen LogP contribution in [-0.2, 0) is 4.74 Å². The molecule has 0 bridgehead atoms. The van der Waals surface area contributed by atoms with Gasteiger partial charge in [0.1, 0.15) is 5.69 Å². The zero-order valence-corrected chi connectivity index (χ0v) is 12.7. The molecule has 0 unspecified atom stereocenters. The van der Waals surface area contributed by atoms with Gasteiger partial charge in [-0.15, -0.1) is 0 Å². The van der Waals surface area contributed by atoms with Gasteiger partial charge in [0.25, 0.3) is 11.5 Å². The van der Waals surface area contributed by atoms with Crippen LogP contribution in [-0.4, -0.2) is 41.6 Å². The minimum Gasteiger partial charge on any atom is -0.376 e. The molecule has 1 aromatic heterocycles. The maximum Gasteiger partial charge on any atom is 0.270 e. The second kappa shape index (κ2) is 6.32. The van der Waals surface area contributed by atoms with E-state index in [4.69, 9.17) is 4.74 Å². The molecule has 1 aliphatic rings. The van der Waals surface area contributed by atoms with E-state index in [1.807, 2.05) is 25.1 Å². The number of benzene rings is 1. The Morgan fingerprint density at radius 3 is 2.95 bits per heavy atom. The van der Waals surface area contributed by atoms with Gasteiger partial charge in [0.05, 0.1) is 6.10 Å². The van der Waals surface area contributed by atoms with Crippen LogP contribution in [0.2, 0.25) is 0 Å². The molecule has 1 saturated heterocycles. The van der Waals surface area contributed by atoms with Gasteiger partial charge in [-0.05, 0) is 37.3 Å². The molecule has 5 nitrogen and oxygen atoms in total. The molecule has 3 rings (SSSR count). The molecular weight excluding hydrogens is 280 g/mol. The number of likely N-dealkylation sites (N-methyl/N-ethyl adjacent to an activating group) is 1.